The summed E-state index contributed by atoms with van der Waals surface area (Å²) < 4.78 is 5.46. The number of nitrogens with zero attached hydrogens (tertiary/aromatic N) is 3. The first-order chi connectivity index (χ1) is 11.7. The van der Waals surface area contributed by atoms with Gasteiger partial charge in [-0.3, -0.25) is 4.79 Å². The molecule has 24 heavy (non-hydrogen) atoms. The van der Waals surface area contributed by atoms with Gasteiger partial charge >= 0.3 is 0 Å². The summed E-state index contributed by atoms with van der Waals surface area (Å²) in [5.41, 5.74) is 1.67. The number of likely N-dealkylation sites (tertiary alicyclic amines) is 2. The molecule has 5 heteroatoms. The first kappa shape index (κ1) is 16.1. The molecule has 1 aromatic rings. The van der Waals surface area contributed by atoms with Crippen LogP contribution >= 0.6 is 0 Å². The van der Waals surface area contributed by atoms with Gasteiger partial charge in [-0.2, -0.15) is 0 Å². The van der Waals surface area contributed by atoms with Gasteiger partial charge in [0.2, 0.25) is 0 Å². The molecule has 0 saturated carbocycles. The molecule has 2 aliphatic heterocycles. The van der Waals surface area contributed by atoms with Crippen LogP contribution in [0.15, 0.2) is 4.52 Å². The smallest absolute Gasteiger partial charge is 0.276 e. The summed E-state index contributed by atoms with van der Waals surface area (Å²) >= 11 is 0. The molecule has 0 N–H and O–H groups in total. The molecule has 1 atom stereocenters. The van der Waals surface area contributed by atoms with Crippen molar-refractivity contribution in [2.24, 2.45) is 5.92 Å². The number of carbonyl (C=O) groups excluding carboxylic acids is 1. The third kappa shape index (κ3) is 3.10. The number of rotatable bonds is 2. The number of amides is 1. The molecule has 2 fully saturated rings. The zero-order valence-corrected chi connectivity index (χ0v) is 14.8. The van der Waals surface area contributed by atoms with Crippen LogP contribution in [-0.4, -0.2) is 53.1 Å². The van der Waals surface area contributed by atoms with Gasteiger partial charge in [-0.05, 0) is 57.5 Å². The second kappa shape index (κ2) is 6.87. The highest BCUT2D eigenvalue weighted by molar-refractivity contribution is 5.94. The highest BCUT2D eigenvalue weighted by Crippen LogP contribution is 2.29. The largest absolute Gasteiger partial charge is 0.360 e. The fourth-order valence-corrected chi connectivity index (χ4v) is 4.61. The molecule has 1 aromatic heterocycles. The lowest BCUT2D eigenvalue weighted by molar-refractivity contribution is 0.0580. The Morgan fingerprint density at radius 3 is 2.58 bits per heavy atom. The van der Waals surface area contributed by atoms with E-state index in [2.05, 4.69) is 17.0 Å². The van der Waals surface area contributed by atoms with Gasteiger partial charge in [-0.1, -0.05) is 18.5 Å². The lowest BCUT2D eigenvalue weighted by Crippen LogP contribution is -2.48. The van der Waals surface area contributed by atoms with E-state index in [-0.39, 0.29) is 5.91 Å². The molecular weight excluding hydrogens is 302 g/mol. The summed E-state index contributed by atoms with van der Waals surface area (Å²) in [4.78, 5) is 17.6. The maximum absolute atomic E-state index is 12.9. The molecule has 0 aromatic carbocycles. The van der Waals surface area contributed by atoms with E-state index >= 15 is 0 Å². The van der Waals surface area contributed by atoms with Crippen LogP contribution in [0.25, 0.3) is 0 Å². The lowest BCUT2D eigenvalue weighted by Gasteiger charge is -2.40. The average molecular weight is 331 g/mol. The fraction of sp³-hybridized carbons (Fsp3) is 0.789. The number of aromatic nitrogens is 1. The van der Waals surface area contributed by atoms with Crippen molar-refractivity contribution in [2.75, 3.05) is 26.2 Å². The summed E-state index contributed by atoms with van der Waals surface area (Å²) in [5.74, 6) is 1.65. The predicted molar refractivity (Wildman–Crippen MR) is 92.0 cm³/mol. The van der Waals surface area contributed by atoms with Crippen LogP contribution in [0, 0.1) is 5.92 Å². The summed E-state index contributed by atoms with van der Waals surface area (Å²) in [6, 6.07) is 0.667. The molecular formula is C19H29N3O2. The number of hydrogen-bond acceptors (Lipinski definition) is 4. The van der Waals surface area contributed by atoms with Gasteiger partial charge in [0.25, 0.3) is 5.91 Å². The highest BCUT2D eigenvalue weighted by Gasteiger charge is 2.32. The van der Waals surface area contributed by atoms with Crippen LogP contribution in [0.2, 0.25) is 0 Å². The minimum absolute atomic E-state index is 0.0891. The number of carbonyl (C=O) groups is 1. The molecule has 3 aliphatic rings. The lowest BCUT2D eigenvalue weighted by atomic mass is 9.88. The molecule has 1 aliphatic carbocycles. The van der Waals surface area contributed by atoms with Crippen molar-refractivity contribution in [1.29, 1.82) is 0 Å². The molecule has 4 rings (SSSR count). The van der Waals surface area contributed by atoms with Crippen LogP contribution in [0.3, 0.4) is 0 Å². The van der Waals surface area contributed by atoms with Crippen LogP contribution in [0.5, 0.6) is 0 Å². The molecule has 1 amide bonds. The van der Waals surface area contributed by atoms with Crippen LogP contribution in [0.1, 0.15) is 67.3 Å². The van der Waals surface area contributed by atoms with E-state index in [1.807, 2.05) is 4.90 Å². The van der Waals surface area contributed by atoms with Crippen molar-refractivity contribution >= 4 is 5.91 Å². The summed E-state index contributed by atoms with van der Waals surface area (Å²) in [6.45, 7) is 6.45. The molecule has 132 valence electrons. The third-order valence-corrected chi connectivity index (χ3v) is 6.15. The Hall–Kier alpha value is -1.36. The normalized spacial score (nSPS) is 26.4. The van der Waals surface area contributed by atoms with Crippen LogP contribution in [-0.2, 0) is 12.8 Å². The van der Waals surface area contributed by atoms with E-state index in [1.165, 1.54) is 32.4 Å². The standard InChI is InChI=1S/C19H29N3O2/c1-14-5-6-17-16(13-14)18(20-24-17)19(23)22-11-7-15(8-12-22)21-9-3-2-4-10-21/h14-15H,2-13H2,1H3/t14-/m1/s1. The van der Waals surface area contributed by atoms with Crippen molar-refractivity contribution in [1.82, 2.24) is 15.0 Å². The number of fused-ring (bicyclic) bond motifs is 1. The second-order valence-electron chi connectivity index (χ2n) is 7.90. The number of piperidine rings is 2. The molecule has 0 radical (unpaired) electrons. The Morgan fingerprint density at radius 1 is 1.08 bits per heavy atom. The van der Waals surface area contributed by atoms with Gasteiger partial charge < -0.3 is 14.3 Å². The highest BCUT2D eigenvalue weighted by atomic mass is 16.5. The van der Waals surface area contributed by atoms with E-state index in [4.69, 9.17) is 4.52 Å². The quantitative estimate of drug-likeness (QED) is 0.836. The van der Waals surface area contributed by atoms with E-state index in [0.29, 0.717) is 17.7 Å². The Kier molecular flexibility index (Phi) is 4.61. The monoisotopic (exact) mass is 331 g/mol. The van der Waals surface area contributed by atoms with Gasteiger partial charge in [0.15, 0.2) is 5.69 Å². The van der Waals surface area contributed by atoms with Crippen molar-refractivity contribution in [3.63, 3.8) is 0 Å². The average Bonchev–Trinajstić information content (AvgIpc) is 3.05. The fourth-order valence-electron chi connectivity index (χ4n) is 4.61. The molecule has 0 spiro atoms. The summed E-state index contributed by atoms with van der Waals surface area (Å²) in [6.07, 6.45) is 9.24. The SMILES string of the molecule is C[C@@H]1CCc2onc(C(=O)N3CCC(N4CCCCC4)CC3)c2C1. The van der Waals surface area contributed by atoms with Gasteiger partial charge in [-0.25, -0.2) is 0 Å². The number of aryl methyl sites for hydroxylation is 1. The second-order valence-corrected chi connectivity index (χ2v) is 7.90. The maximum Gasteiger partial charge on any atom is 0.276 e. The van der Waals surface area contributed by atoms with Crippen molar-refractivity contribution in [3.8, 4) is 0 Å². The molecule has 3 heterocycles. The topological polar surface area (TPSA) is 49.6 Å². The minimum atomic E-state index is 0.0891. The van der Waals surface area contributed by atoms with Crippen molar-refractivity contribution in [3.05, 3.63) is 17.0 Å². The van der Waals surface area contributed by atoms with E-state index in [0.717, 1.165) is 56.5 Å². The first-order valence-electron chi connectivity index (χ1n) is 9.73. The van der Waals surface area contributed by atoms with Crippen LogP contribution in [0.4, 0.5) is 0 Å². The molecule has 0 unspecified atom stereocenters. The van der Waals surface area contributed by atoms with Gasteiger partial charge in [0, 0.05) is 31.1 Å². The third-order valence-electron chi connectivity index (χ3n) is 6.15. The van der Waals surface area contributed by atoms with Gasteiger partial charge in [-0.15, -0.1) is 0 Å². The summed E-state index contributed by atoms with van der Waals surface area (Å²) in [5, 5.41) is 4.14. The Morgan fingerprint density at radius 2 is 1.83 bits per heavy atom. The van der Waals surface area contributed by atoms with E-state index < -0.39 is 0 Å². The van der Waals surface area contributed by atoms with Crippen molar-refractivity contribution < 1.29 is 9.32 Å². The Bertz CT molecular complexity index is 583. The molecule has 0 bridgehead atoms. The Labute approximate surface area is 144 Å². The zero-order valence-electron chi connectivity index (χ0n) is 14.8. The Balaban J connectivity index is 1.39. The first-order valence-corrected chi connectivity index (χ1v) is 9.73. The number of hydrogen-bond donors (Lipinski definition) is 0. The summed E-state index contributed by atoms with van der Waals surface area (Å²) in [7, 11) is 0. The maximum atomic E-state index is 12.9. The molecule has 2 saturated heterocycles. The van der Waals surface area contributed by atoms with Gasteiger partial charge in [0.1, 0.15) is 5.76 Å². The van der Waals surface area contributed by atoms with E-state index in [1.54, 1.807) is 0 Å². The van der Waals surface area contributed by atoms with Gasteiger partial charge in [0.05, 0.1) is 0 Å². The van der Waals surface area contributed by atoms with E-state index in [9.17, 15) is 4.79 Å². The predicted octanol–water partition coefficient (Wildman–Crippen LogP) is 2.89. The zero-order chi connectivity index (χ0) is 16.5. The van der Waals surface area contributed by atoms with Crippen molar-refractivity contribution in [2.45, 2.75) is 64.3 Å². The minimum Gasteiger partial charge on any atom is -0.360 e. The molecule has 5 nitrogen and oxygen atoms in total. The van der Waals surface area contributed by atoms with Crippen LogP contribution < -0.4 is 0 Å².